The second-order valence-corrected chi connectivity index (χ2v) is 10.3. The average molecular weight is 489 g/mol. The molecular formula is C30H33FN2O3. The Bertz CT molecular complexity index is 1240. The molecule has 0 fully saturated rings. The number of amides is 2. The fourth-order valence-corrected chi connectivity index (χ4v) is 4.63. The molecule has 6 heteroatoms. The Hall–Kier alpha value is -3.67. The molecule has 2 atom stereocenters. The zero-order chi connectivity index (χ0) is 26.0. The number of ether oxygens (including phenoxy) is 1. The van der Waals surface area contributed by atoms with Gasteiger partial charge in [0.25, 0.3) is 5.91 Å². The number of para-hydroxylation sites is 1. The first-order valence-corrected chi connectivity index (χ1v) is 12.2. The summed E-state index contributed by atoms with van der Waals surface area (Å²) >= 11 is 0. The van der Waals surface area contributed by atoms with Crippen LogP contribution in [0.2, 0.25) is 0 Å². The molecule has 2 amide bonds. The minimum atomic E-state index is -0.714. The van der Waals surface area contributed by atoms with Gasteiger partial charge in [0.15, 0.2) is 6.10 Å². The van der Waals surface area contributed by atoms with E-state index >= 15 is 0 Å². The highest BCUT2D eigenvalue weighted by molar-refractivity contribution is 5.96. The number of carbonyl (C=O) groups excluding carboxylic acids is 2. The third kappa shape index (κ3) is 5.27. The second kappa shape index (κ2) is 10.1. The van der Waals surface area contributed by atoms with Crippen molar-refractivity contribution in [1.29, 1.82) is 0 Å². The Balaban J connectivity index is 1.65. The molecule has 0 aromatic heterocycles. The second-order valence-electron chi connectivity index (χ2n) is 10.3. The molecule has 3 aromatic rings. The Kier molecular flexibility index (Phi) is 7.16. The van der Waals surface area contributed by atoms with Crippen LogP contribution in [-0.2, 0) is 16.0 Å². The molecule has 0 radical (unpaired) electrons. The first-order chi connectivity index (χ1) is 17.1. The Morgan fingerprint density at radius 1 is 1.03 bits per heavy atom. The van der Waals surface area contributed by atoms with Crippen LogP contribution in [0, 0.1) is 11.2 Å². The van der Waals surface area contributed by atoms with Gasteiger partial charge < -0.3 is 14.5 Å². The lowest BCUT2D eigenvalue weighted by Gasteiger charge is -2.41. The van der Waals surface area contributed by atoms with Crippen molar-refractivity contribution < 1.29 is 18.7 Å². The fourth-order valence-electron chi connectivity index (χ4n) is 4.63. The topological polar surface area (TPSA) is 49.9 Å². The molecule has 0 aliphatic carbocycles. The normalized spacial score (nSPS) is 16.2. The van der Waals surface area contributed by atoms with Crippen LogP contribution in [-0.4, -0.2) is 36.4 Å². The van der Waals surface area contributed by atoms with E-state index in [1.54, 1.807) is 31.0 Å². The van der Waals surface area contributed by atoms with Gasteiger partial charge in [0.05, 0.1) is 6.04 Å². The van der Waals surface area contributed by atoms with Gasteiger partial charge in [-0.2, -0.15) is 0 Å². The highest BCUT2D eigenvalue weighted by Gasteiger charge is 2.37. The molecule has 2 unspecified atom stereocenters. The van der Waals surface area contributed by atoms with Crippen molar-refractivity contribution in [2.75, 3.05) is 18.5 Å². The van der Waals surface area contributed by atoms with E-state index < -0.39 is 11.5 Å². The van der Waals surface area contributed by atoms with Crippen molar-refractivity contribution in [3.63, 3.8) is 0 Å². The maximum Gasteiger partial charge on any atom is 0.267 e. The van der Waals surface area contributed by atoms with Crippen LogP contribution < -0.4 is 9.64 Å². The molecule has 0 saturated carbocycles. The van der Waals surface area contributed by atoms with E-state index in [-0.39, 0.29) is 23.7 Å². The number of anilines is 1. The summed E-state index contributed by atoms with van der Waals surface area (Å²) in [6.07, 6.45) is -0.00573. The summed E-state index contributed by atoms with van der Waals surface area (Å²) < 4.78 is 19.8. The summed E-state index contributed by atoms with van der Waals surface area (Å²) in [5.41, 5.74) is 3.09. The third-order valence-electron chi connectivity index (χ3n) is 6.57. The van der Waals surface area contributed by atoms with E-state index in [2.05, 4.69) is 0 Å². The summed E-state index contributed by atoms with van der Waals surface area (Å²) in [5.74, 6) is 0.0871. The van der Waals surface area contributed by atoms with Crippen molar-refractivity contribution in [2.45, 2.75) is 46.3 Å². The number of likely N-dealkylation sites (N-methyl/N-ethyl adjacent to an activating group) is 1. The van der Waals surface area contributed by atoms with Gasteiger partial charge in [0.2, 0.25) is 5.91 Å². The monoisotopic (exact) mass is 488 g/mol. The van der Waals surface area contributed by atoms with Gasteiger partial charge in [-0.05, 0) is 66.4 Å². The van der Waals surface area contributed by atoms with Crippen LogP contribution in [0.4, 0.5) is 10.1 Å². The van der Waals surface area contributed by atoms with Gasteiger partial charge in [0.1, 0.15) is 11.6 Å². The average Bonchev–Trinajstić information content (AvgIpc) is 2.87. The van der Waals surface area contributed by atoms with E-state index in [1.807, 2.05) is 74.2 Å². The first kappa shape index (κ1) is 25.4. The summed E-state index contributed by atoms with van der Waals surface area (Å²) in [5, 5.41) is 0. The Labute approximate surface area is 212 Å². The number of hydrogen-bond acceptors (Lipinski definition) is 3. The summed E-state index contributed by atoms with van der Waals surface area (Å²) in [6, 6.07) is 21.1. The zero-order valence-corrected chi connectivity index (χ0v) is 21.5. The molecule has 1 aliphatic heterocycles. The zero-order valence-electron chi connectivity index (χ0n) is 21.5. The number of hydrogen-bond donors (Lipinski definition) is 0. The number of benzene rings is 3. The molecular weight excluding hydrogens is 455 g/mol. The summed E-state index contributed by atoms with van der Waals surface area (Å²) in [4.78, 5) is 29.9. The lowest BCUT2D eigenvalue weighted by Crippen LogP contribution is -2.45. The molecule has 3 aromatic carbocycles. The van der Waals surface area contributed by atoms with Crippen molar-refractivity contribution in [2.24, 2.45) is 5.41 Å². The Morgan fingerprint density at radius 3 is 2.33 bits per heavy atom. The molecule has 36 heavy (non-hydrogen) atoms. The van der Waals surface area contributed by atoms with Gasteiger partial charge in [-0.25, -0.2) is 4.39 Å². The number of nitrogens with zero attached hydrogens (tertiary/aromatic N) is 2. The molecule has 1 heterocycles. The maximum atomic E-state index is 13.7. The highest BCUT2D eigenvalue weighted by atomic mass is 19.1. The quantitative estimate of drug-likeness (QED) is 0.458. The van der Waals surface area contributed by atoms with E-state index in [4.69, 9.17) is 4.74 Å². The molecule has 0 spiro atoms. The van der Waals surface area contributed by atoms with Gasteiger partial charge in [0, 0.05) is 24.7 Å². The largest absolute Gasteiger partial charge is 0.481 e. The molecule has 1 aliphatic rings. The van der Waals surface area contributed by atoms with Gasteiger partial charge in [-0.1, -0.05) is 57.2 Å². The Morgan fingerprint density at radius 2 is 1.69 bits per heavy atom. The highest BCUT2D eigenvalue weighted by Crippen LogP contribution is 2.39. The molecule has 5 nitrogen and oxygen atoms in total. The number of carbonyl (C=O) groups is 2. The van der Waals surface area contributed by atoms with Crippen LogP contribution >= 0.6 is 0 Å². The maximum absolute atomic E-state index is 13.7. The molecule has 4 rings (SSSR count). The van der Waals surface area contributed by atoms with Gasteiger partial charge >= 0.3 is 0 Å². The molecule has 0 saturated heterocycles. The first-order valence-electron chi connectivity index (χ1n) is 12.2. The molecule has 188 valence electrons. The molecule has 0 N–H and O–H groups in total. The van der Waals surface area contributed by atoms with E-state index in [0.29, 0.717) is 18.7 Å². The lowest BCUT2D eigenvalue weighted by molar-refractivity contribution is -0.141. The summed E-state index contributed by atoms with van der Waals surface area (Å²) in [7, 11) is 1.73. The smallest absolute Gasteiger partial charge is 0.267 e. The standard InChI is InChI=1S/C30H33FN2O3/c1-20(28(34)32(5)24-9-7-6-8-10-24)36-25-16-13-21-17-18-33(29(35)30(2,3)4)27(26(21)19-25)22-11-14-23(31)15-12-22/h6-16,19-20,27H,17-18H2,1-5H3. The minimum Gasteiger partial charge on any atom is -0.481 e. The predicted molar refractivity (Wildman–Crippen MR) is 139 cm³/mol. The van der Waals surface area contributed by atoms with Crippen molar-refractivity contribution in [3.05, 3.63) is 95.3 Å². The van der Waals surface area contributed by atoms with Crippen molar-refractivity contribution in [3.8, 4) is 5.75 Å². The summed E-state index contributed by atoms with van der Waals surface area (Å²) in [6.45, 7) is 8.02. The van der Waals surface area contributed by atoms with Crippen molar-refractivity contribution >= 4 is 17.5 Å². The predicted octanol–water partition coefficient (Wildman–Crippen LogP) is 5.78. The van der Waals surface area contributed by atoms with Crippen LogP contribution in [0.5, 0.6) is 5.75 Å². The van der Waals surface area contributed by atoms with Gasteiger partial charge in [-0.3, -0.25) is 9.59 Å². The lowest BCUT2D eigenvalue weighted by atomic mass is 9.85. The van der Waals surface area contributed by atoms with E-state index in [0.717, 1.165) is 22.4 Å². The van der Waals surface area contributed by atoms with E-state index in [9.17, 15) is 14.0 Å². The third-order valence-corrected chi connectivity index (χ3v) is 6.57. The molecule has 0 bridgehead atoms. The fraction of sp³-hybridized carbons (Fsp3) is 0.333. The van der Waals surface area contributed by atoms with Gasteiger partial charge in [-0.15, -0.1) is 0 Å². The van der Waals surface area contributed by atoms with E-state index in [1.165, 1.54) is 12.1 Å². The number of halogens is 1. The van der Waals surface area contributed by atoms with Crippen LogP contribution in [0.25, 0.3) is 0 Å². The SMILES string of the molecule is CC(Oc1ccc2c(c1)C(c1ccc(F)cc1)N(C(=O)C(C)(C)C)CC2)C(=O)N(C)c1ccccc1. The number of rotatable bonds is 5. The van der Waals surface area contributed by atoms with Crippen LogP contribution in [0.15, 0.2) is 72.8 Å². The van der Waals surface area contributed by atoms with Crippen LogP contribution in [0.1, 0.15) is 50.4 Å². The van der Waals surface area contributed by atoms with Crippen LogP contribution in [0.3, 0.4) is 0 Å². The number of fused-ring (bicyclic) bond motifs is 1. The van der Waals surface area contributed by atoms with Crippen molar-refractivity contribution in [1.82, 2.24) is 4.90 Å². The minimum absolute atomic E-state index is 0.0295.